The highest BCUT2D eigenvalue weighted by molar-refractivity contribution is 5.72. The number of aromatic nitrogens is 2. The number of nitrogens with two attached hydrogens (primary N) is 1. The van der Waals surface area contributed by atoms with Gasteiger partial charge in [0.2, 0.25) is 0 Å². The number of nitrogens with one attached hydrogen (secondary N) is 1. The smallest absolute Gasteiger partial charge is 0.145 e. The van der Waals surface area contributed by atoms with Crippen LogP contribution in [0, 0.1) is 6.92 Å². The number of hydrogen-bond donors (Lipinski definition) is 3. The summed E-state index contributed by atoms with van der Waals surface area (Å²) in [6.07, 6.45) is 0. The van der Waals surface area contributed by atoms with E-state index in [1.807, 2.05) is 0 Å². The molecule has 0 aliphatic rings. The highest BCUT2D eigenvalue weighted by Crippen LogP contribution is 2.36. The fourth-order valence-corrected chi connectivity index (χ4v) is 1.60. The fraction of sp³-hybridized carbons (Fsp3) is 0.182. The molecule has 0 saturated heterocycles. The Hall–Kier alpha value is -2.17. The molecule has 0 saturated carbocycles. The molecule has 5 nitrogen and oxygen atoms in total. The summed E-state index contributed by atoms with van der Waals surface area (Å²) in [5.74, 6) is 1.21. The van der Waals surface area contributed by atoms with Crippen LogP contribution >= 0.6 is 0 Å². The first-order valence-corrected chi connectivity index (χ1v) is 4.81. The molecular formula is C11H13N3O2. The molecule has 5 heteroatoms. The number of aromatic hydroxyl groups is 1. The summed E-state index contributed by atoms with van der Waals surface area (Å²) >= 11 is 0. The Morgan fingerprint density at radius 3 is 2.75 bits per heavy atom. The molecule has 1 heterocycles. The fourth-order valence-electron chi connectivity index (χ4n) is 1.60. The quantitative estimate of drug-likeness (QED) is 0.717. The van der Waals surface area contributed by atoms with Gasteiger partial charge in [-0.2, -0.15) is 5.10 Å². The lowest BCUT2D eigenvalue weighted by Crippen LogP contribution is -1.89. The number of ether oxygens (including phenoxy) is 1. The lowest BCUT2D eigenvalue weighted by molar-refractivity contribution is 0.403. The van der Waals surface area contributed by atoms with Gasteiger partial charge in [0.25, 0.3) is 0 Å². The van der Waals surface area contributed by atoms with E-state index in [0.29, 0.717) is 28.4 Å². The molecule has 0 amide bonds. The van der Waals surface area contributed by atoms with Crippen LogP contribution in [0.15, 0.2) is 18.2 Å². The predicted octanol–water partition coefficient (Wildman–Crippen LogP) is 1.68. The van der Waals surface area contributed by atoms with Gasteiger partial charge < -0.3 is 15.6 Å². The Kier molecular flexibility index (Phi) is 2.44. The minimum absolute atomic E-state index is 0.169. The first kappa shape index (κ1) is 10.4. The monoisotopic (exact) mass is 219 g/mol. The highest BCUT2D eigenvalue weighted by atomic mass is 16.5. The number of phenols is 1. The molecule has 1 aromatic carbocycles. The Balaban J connectivity index is 2.55. The van der Waals surface area contributed by atoms with Crippen molar-refractivity contribution in [3.8, 4) is 22.8 Å². The van der Waals surface area contributed by atoms with Gasteiger partial charge in [0.1, 0.15) is 17.3 Å². The second kappa shape index (κ2) is 3.77. The van der Waals surface area contributed by atoms with E-state index in [1.165, 1.54) is 0 Å². The minimum Gasteiger partial charge on any atom is -0.507 e. The summed E-state index contributed by atoms with van der Waals surface area (Å²) < 4.78 is 5.11. The van der Waals surface area contributed by atoms with Gasteiger partial charge in [0, 0.05) is 17.2 Å². The zero-order valence-corrected chi connectivity index (χ0v) is 9.11. The van der Waals surface area contributed by atoms with Gasteiger partial charge in [-0.05, 0) is 19.1 Å². The van der Waals surface area contributed by atoms with E-state index in [1.54, 1.807) is 32.2 Å². The number of H-pyrrole nitrogens is 1. The van der Waals surface area contributed by atoms with E-state index in [-0.39, 0.29) is 5.75 Å². The highest BCUT2D eigenvalue weighted by Gasteiger charge is 2.12. The summed E-state index contributed by atoms with van der Waals surface area (Å²) in [5.41, 5.74) is 7.54. The molecule has 0 bridgehead atoms. The molecular weight excluding hydrogens is 206 g/mol. The maximum atomic E-state index is 10.0. The van der Waals surface area contributed by atoms with Crippen LogP contribution in [0.5, 0.6) is 11.5 Å². The summed E-state index contributed by atoms with van der Waals surface area (Å²) in [4.78, 5) is 0. The Morgan fingerprint density at radius 2 is 2.19 bits per heavy atom. The number of aromatic amines is 1. The summed E-state index contributed by atoms with van der Waals surface area (Å²) in [6.45, 7) is 1.79. The molecule has 0 unspecified atom stereocenters. The second-order valence-electron chi connectivity index (χ2n) is 3.50. The number of phenolic OH excluding ortho intramolecular Hbond substituents is 1. The van der Waals surface area contributed by atoms with Crippen molar-refractivity contribution in [1.82, 2.24) is 10.2 Å². The third kappa shape index (κ3) is 1.56. The van der Waals surface area contributed by atoms with E-state index in [9.17, 15) is 5.11 Å². The van der Waals surface area contributed by atoms with Crippen molar-refractivity contribution < 1.29 is 9.84 Å². The topological polar surface area (TPSA) is 84.2 Å². The van der Waals surface area contributed by atoms with E-state index >= 15 is 0 Å². The van der Waals surface area contributed by atoms with Gasteiger partial charge in [0.15, 0.2) is 0 Å². The molecule has 0 fully saturated rings. The third-order valence-corrected chi connectivity index (χ3v) is 2.49. The van der Waals surface area contributed by atoms with Crippen molar-refractivity contribution in [2.45, 2.75) is 6.92 Å². The van der Waals surface area contributed by atoms with Gasteiger partial charge in [0.05, 0.1) is 12.8 Å². The maximum absolute atomic E-state index is 10.0. The van der Waals surface area contributed by atoms with Crippen LogP contribution in [0.25, 0.3) is 11.3 Å². The largest absolute Gasteiger partial charge is 0.507 e. The number of benzene rings is 1. The molecule has 0 aliphatic heterocycles. The zero-order valence-electron chi connectivity index (χ0n) is 9.11. The average molecular weight is 219 g/mol. The van der Waals surface area contributed by atoms with Crippen molar-refractivity contribution in [1.29, 1.82) is 0 Å². The molecule has 2 rings (SSSR count). The molecule has 0 atom stereocenters. The molecule has 2 aromatic rings. The van der Waals surface area contributed by atoms with Gasteiger partial charge in [-0.15, -0.1) is 0 Å². The van der Waals surface area contributed by atoms with Crippen molar-refractivity contribution >= 4 is 5.82 Å². The number of rotatable bonds is 2. The molecule has 0 spiro atoms. The summed E-state index contributed by atoms with van der Waals surface area (Å²) in [7, 11) is 1.57. The van der Waals surface area contributed by atoms with Gasteiger partial charge in [-0.3, -0.25) is 5.10 Å². The van der Waals surface area contributed by atoms with E-state index in [4.69, 9.17) is 10.5 Å². The molecule has 4 N–H and O–H groups in total. The minimum atomic E-state index is 0.169. The maximum Gasteiger partial charge on any atom is 0.145 e. The van der Waals surface area contributed by atoms with Crippen molar-refractivity contribution in [2.24, 2.45) is 0 Å². The van der Waals surface area contributed by atoms with E-state index in [0.717, 1.165) is 0 Å². The van der Waals surface area contributed by atoms with Gasteiger partial charge in [-0.25, -0.2) is 0 Å². The normalized spacial score (nSPS) is 10.4. The van der Waals surface area contributed by atoms with Crippen LogP contribution in [0.1, 0.15) is 5.56 Å². The van der Waals surface area contributed by atoms with Crippen molar-refractivity contribution in [3.63, 3.8) is 0 Å². The Bertz CT molecular complexity index is 520. The van der Waals surface area contributed by atoms with Crippen LogP contribution in [0.4, 0.5) is 5.82 Å². The van der Waals surface area contributed by atoms with E-state index in [2.05, 4.69) is 10.2 Å². The van der Waals surface area contributed by atoms with Crippen LogP contribution in [0.2, 0.25) is 0 Å². The van der Waals surface area contributed by atoms with Crippen molar-refractivity contribution in [2.75, 3.05) is 12.8 Å². The second-order valence-corrected chi connectivity index (χ2v) is 3.50. The van der Waals surface area contributed by atoms with Crippen LogP contribution in [0.3, 0.4) is 0 Å². The van der Waals surface area contributed by atoms with Crippen LogP contribution < -0.4 is 10.5 Å². The molecule has 84 valence electrons. The number of nitrogens with zero attached hydrogens (tertiary/aromatic N) is 1. The SMILES string of the molecule is COc1ccc(-c2cc(N)n[nH]2)c(O)c1C. The lowest BCUT2D eigenvalue weighted by atomic mass is 10.1. The van der Waals surface area contributed by atoms with E-state index < -0.39 is 0 Å². The molecule has 16 heavy (non-hydrogen) atoms. The zero-order chi connectivity index (χ0) is 11.7. The predicted molar refractivity (Wildman–Crippen MR) is 61.4 cm³/mol. The summed E-state index contributed by atoms with van der Waals surface area (Å²) in [5, 5.41) is 16.6. The Labute approximate surface area is 92.9 Å². The molecule has 0 radical (unpaired) electrons. The van der Waals surface area contributed by atoms with Crippen LogP contribution in [-0.4, -0.2) is 22.4 Å². The average Bonchev–Trinajstić information content (AvgIpc) is 2.69. The standard InChI is InChI=1S/C11H13N3O2/c1-6-9(16-2)4-3-7(11(6)15)8-5-10(12)14-13-8/h3-5,15H,1-2H3,(H3,12,13,14). The Morgan fingerprint density at radius 1 is 1.44 bits per heavy atom. The first-order chi connectivity index (χ1) is 7.63. The lowest BCUT2D eigenvalue weighted by Gasteiger charge is -2.09. The summed E-state index contributed by atoms with van der Waals surface area (Å²) in [6, 6.07) is 5.22. The molecule has 0 aliphatic carbocycles. The first-order valence-electron chi connectivity index (χ1n) is 4.81. The van der Waals surface area contributed by atoms with Gasteiger partial charge in [-0.1, -0.05) is 0 Å². The third-order valence-electron chi connectivity index (χ3n) is 2.49. The number of hydrogen-bond acceptors (Lipinski definition) is 4. The number of methoxy groups -OCH3 is 1. The van der Waals surface area contributed by atoms with Crippen molar-refractivity contribution in [3.05, 3.63) is 23.8 Å². The molecule has 1 aromatic heterocycles. The van der Waals surface area contributed by atoms with Crippen LogP contribution in [-0.2, 0) is 0 Å². The number of nitrogen functional groups attached to an aromatic ring is 1. The number of anilines is 1. The van der Waals surface area contributed by atoms with Gasteiger partial charge >= 0.3 is 0 Å².